The van der Waals surface area contributed by atoms with Gasteiger partial charge in [-0.05, 0) is 35.7 Å². The maximum absolute atomic E-state index is 6.19. The van der Waals surface area contributed by atoms with Crippen LogP contribution in [0.25, 0.3) is 11.0 Å². The summed E-state index contributed by atoms with van der Waals surface area (Å²) in [4.78, 5) is 4.35. The highest BCUT2D eigenvalue weighted by molar-refractivity contribution is 6.29. The molecule has 0 N–H and O–H groups in total. The minimum atomic E-state index is 0.562. The molecule has 0 aliphatic carbocycles. The highest BCUT2D eigenvalue weighted by atomic mass is 35.5. The summed E-state index contributed by atoms with van der Waals surface area (Å²) in [6.07, 6.45) is 0.959. The number of benzene rings is 2. The summed E-state index contributed by atoms with van der Waals surface area (Å²) < 4.78 is 2.06. The molecule has 0 aliphatic rings. The van der Waals surface area contributed by atoms with E-state index in [0.29, 0.717) is 5.28 Å². The third-order valence-electron chi connectivity index (χ3n) is 3.07. The molecule has 0 radical (unpaired) electrons. The van der Waals surface area contributed by atoms with Crippen LogP contribution in [0.3, 0.4) is 0 Å². The van der Waals surface area contributed by atoms with E-state index in [1.807, 2.05) is 24.3 Å². The first kappa shape index (κ1) is 11.3. The van der Waals surface area contributed by atoms with Crippen LogP contribution in [0.5, 0.6) is 0 Å². The second kappa shape index (κ2) is 4.83. The summed E-state index contributed by atoms with van der Waals surface area (Å²) in [5, 5.41) is 0.562. The van der Waals surface area contributed by atoms with E-state index < -0.39 is 0 Å². The number of halogens is 1. The van der Waals surface area contributed by atoms with Crippen molar-refractivity contribution in [2.24, 2.45) is 0 Å². The predicted octanol–water partition coefficient (Wildman–Crippen LogP) is 3.93. The van der Waals surface area contributed by atoms with Crippen molar-refractivity contribution in [1.29, 1.82) is 0 Å². The molecule has 0 aliphatic heterocycles. The Morgan fingerprint density at radius 1 is 0.944 bits per heavy atom. The number of hydrogen-bond acceptors (Lipinski definition) is 1. The normalized spacial score (nSPS) is 10.9. The van der Waals surface area contributed by atoms with Crippen LogP contribution in [0.1, 0.15) is 5.56 Å². The number of imidazole rings is 1. The number of aryl methyl sites for hydroxylation is 2. The summed E-state index contributed by atoms with van der Waals surface area (Å²) in [6, 6.07) is 18.4. The highest BCUT2D eigenvalue weighted by Crippen LogP contribution is 2.19. The summed E-state index contributed by atoms with van der Waals surface area (Å²) in [7, 11) is 0. The molecule has 0 amide bonds. The molecule has 1 aromatic heterocycles. The van der Waals surface area contributed by atoms with Crippen molar-refractivity contribution in [1.82, 2.24) is 9.55 Å². The lowest BCUT2D eigenvalue weighted by Gasteiger charge is -2.05. The Balaban J connectivity index is 1.89. The molecule has 0 saturated heterocycles. The molecule has 0 saturated carbocycles. The van der Waals surface area contributed by atoms with E-state index >= 15 is 0 Å². The van der Waals surface area contributed by atoms with Crippen molar-refractivity contribution in [3.05, 3.63) is 65.4 Å². The summed E-state index contributed by atoms with van der Waals surface area (Å²) in [5.74, 6) is 0. The maximum Gasteiger partial charge on any atom is 0.203 e. The quantitative estimate of drug-likeness (QED) is 0.694. The van der Waals surface area contributed by atoms with Crippen LogP contribution in [0.2, 0.25) is 5.28 Å². The molecule has 1 heterocycles. The van der Waals surface area contributed by atoms with Gasteiger partial charge in [0.2, 0.25) is 5.28 Å². The van der Waals surface area contributed by atoms with Gasteiger partial charge in [-0.2, -0.15) is 0 Å². The van der Waals surface area contributed by atoms with Gasteiger partial charge in [-0.15, -0.1) is 0 Å². The summed E-state index contributed by atoms with van der Waals surface area (Å²) in [6.45, 7) is 0.851. The Kier molecular flexibility index (Phi) is 3.03. The first-order chi connectivity index (χ1) is 8.84. The SMILES string of the molecule is Clc1nc2ccccc2n1CCc1ccccc1. The van der Waals surface area contributed by atoms with Crippen molar-refractivity contribution in [2.75, 3.05) is 0 Å². The zero-order valence-corrected chi connectivity index (χ0v) is 10.6. The fraction of sp³-hybridized carbons (Fsp3) is 0.133. The molecule has 0 spiro atoms. The van der Waals surface area contributed by atoms with E-state index in [2.05, 4.69) is 39.9 Å². The Hall–Kier alpha value is -1.80. The van der Waals surface area contributed by atoms with Gasteiger partial charge in [0.25, 0.3) is 0 Å². The molecule has 3 heteroatoms. The third kappa shape index (κ3) is 2.12. The standard InChI is InChI=1S/C15H13ClN2/c16-15-17-13-8-4-5-9-14(13)18(15)11-10-12-6-2-1-3-7-12/h1-9H,10-11H2. The number of aromatic nitrogens is 2. The van der Waals surface area contributed by atoms with E-state index in [1.54, 1.807) is 0 Å². The number of rotatable bonds is 3. The second-order valence-corrected chi connectivity index (χ2v) is 4.59. The van der Waals surface area contributed by atoms with Gasteiger partial charge < -0.3 is 4.57 Å². The van der Waals surface area contributed by atoms with E-state index in [4.69, 9.17) is 11.6 Å². The second-order valence-electron chi connectivity index (χ2n) is 4.26. The van der Waals surface area contributed by atoms with E-state index in [1.165, 1.54) is 5.56 Å². The molecular weight excluding hydrogens is 244 g/mol. The van der Waals surface area contributed by atoms with Crippen LogP contribution in [0, 0.1) is 0 Å². The molecule has 90 valence electrons. The van der Waals surface area contributed by atoms with Gasteiger partial charge >= 0.3 is 0 Å². The maximum atomic E-state index is 6.19. The smallest absolute Gasteiger partial charge is 0.203 e. The van der Waals surface area contributed by atoms with Crippen molar-refractivity contribution in [3.8, 4) is 0 Å². The number of nitrogens with zero attached hydrogens (tertiary/aromatic N) is 2. The molecular formula is C15H13ClN2. The van der Waals surface area contributed by atoms with Crippen LogP contribution < -0.4 is 0 Å². The molecule has 0 fully saturated rings. The number of para-hydroxylation sites is 2. The lowest BCUT2D eigenvalue weighted by atomic mass is 10.1. The Labute approximate surface area is 111 Å². The van der Waals surface area contributed by atoms with Gasteiger partial charge in [-0.25, -0.2) is 4.98 Å². The fourth-order valence-electron chi connectivity index (χ4n) is 2.14. The van der Waals surface area contributed by atoms with Crippen LogP contribution in [-0.2, 0) is 13.0 Å². The fourth-order valence-corrected chi connectivity index (χ4v) is 2.41. The zero-order chi connectivity index (χ0) is 12.4. The monoisotopic (exact) mass is 256 g/mol. The average Bonchev–Trinajstić information content (AvgIpc) is 2.73. The van der Waals surface area contributed by atoms with Gasteiger partial charge in [0.15, 0.2) is 0 Å². The first-order valence-corrected chi connectivity index (χ1v) is 6.37. The van der Waals surface area contributed by atoms with Crippen molar-refractivity contribution in [3.63, 3.8) is 0 Å². The lowest BCUT2D eigenvalue weighted by Crippen LogP contribution is -2.01. The van der Waals surface area contributed by atoms with E-state index in [0.717, 1.165) is 24.0 Å². The average molecular weight is 257 g/mol. The lowest BCUT2D eigenvalue weighted by molar-refractivity contribution is 0.717. The van der Waals surface area contributed by atoms with Gasteiger partial charge in [-0.3, -0.25) is 0 Å². The largest absolute Gasteiger partial charge is 0.314 e. The van der Waals surface area contributed by atoms with Gasteiger partial charge in [0.05, 0.1) is 11.0 Å². The van der Waals surface area contributed by atoms with E-state index in [-0.39, 0.29) is 0 Å². The minimum absolute atomic E-state index is 0.562. The topological polar surface area (TPSA) is 17.8 Å². The summed E-state index contributed by atoms with van der Waals surface area (Å²) in [5.41, 5.74) is 3.36. The zero-order valence-electron chi connectivity index (χ0n) is 9.88. The molecule has 0 unspecified atom stereocenters. The van der Waals surface area contributed by atoms with Gasteiger partial charge in [-0.1, -0.05) is 42.5 Å². The van der Waals surface area contributed by atoms with Gasteiger partial charge in [0, 0.05) is 6.54 Å². The number of hydrogen-bond donors (Lipinski definition) is 0. The highest BCUT2D eigenvalue weighted by Gasteiger charge is 2.07. The van der Waals surface area contributed by atoms with Crippen LogP contribution in [0.4, 0.5) is 0 Å². The van der Waals surface area contributed by atoms with Crippen molar-refractivity contribution in [2.45, 2.75) is 13.0 Å². The van der Waals surface area contributed by atoms with Crippen molar-refractivity contribution < 1.29 is 0 Å². The van der Waals surface area contributed by atoms with Crippen LogP contribution >= 0.6 is 11.6 Å². The molecule has 2 aromatic carbocycles. The molecule has 0 atom stereocenters. The molecule has 3 aromatic rings. The molecule has 2 nitrogen and oxygen atoms in total. The van der Waals surface area contributed by atoms with Crippen molar-refractivity contribution >= 4 is 22.6 Å². The number of fused-ring (bicyclic) bond motifs is 1. The third-order valence-corrected chi connectivity index (χ3v) is 3.36. The summed E-state index contributed by atoms with van der Waals surface area (Å²) >= 11 is 6.19. The minimum Gasteiger partial charge on any atom is -0.314 e. The Morgan fingerprint density at radius 2 is 1.67 bits per heavy atom. The predicted molar refractivity (Wildman–Crippen MR) is 74.9 cm³/mol. The van der Waals surface area contributed by atoms with Crippen LogP contribution in [0.15, 0.2) is 54.6 Å². The van der Waals surface area contributed by atoms with Crippen LogP contribution in [-0.4, -0.2) is 9.55 Å². The molecule has 18 heavy (non-hydrogen) atoms. The van der Waals surface area contributed by atoms with E-state index in [9.17, 15) is 0 Å². The Morgan fingerprint density at radius 3 is 2.50 bits per heavy atom. The first-order valence-electron chi connectivity index (χ1n) is 5.99. The molecule has 3 rings (SSSR count). The molecule has 0 bridgehead atoms. The Bertz CT molecular complexity index is 659. The van der Waals surface area contributed by atoms with Gasteiger partial charge in [0.1, 0.15) is 0 Å².